The highest BCUT2D eigenvalue weighted by molar-refractivity contribution is 5.93. The van der Waals surface area contributed by atoms with Crippen LogP contribution in [0.15, 0.2) is 48.5 Å². The van der Waals surface area contributed by atoms with Gasteiger partial charge in [-0.1, -0.05) is 18.2 Å². The second-order valence-corrected chi connectivity index (χ2v) is 4.04. The number of carbonyl (C=O) groups is 2. The largest absolute Gasteiger partial charge is 0.478 e. The van der Waals surface area contributed by atoms with Crippen molar-refractivity contribution in [2.75, 3.05) is 0 Å². The van der Waals surface area contributed by atoms with E-state index in [4.69, 9.17) is 9.84 Å². The number of ether oxygens (including phenoxy) is 1. The first-order valence-corrected chi connectivity index (χ1v) is 5.69. The van der Waals surface area contributed by atoms with Gasteiger partial charge in [-0.25, -0.2) is 9.59 Å². The number of hydrogen-bond acceptors (Lipinski definition) is 3. The minimum atomic E-state index is -1.03. The van der Waals surface area contributed by atoms with Gasteiger partial charge in [0.2, 0.25) is 0 Å². The number of esters is 1. The minimum absolute atomic E-state index is 0.132. The second-order valence-electron chi connectivity index (χ2n) is 4.04. The molecule has 0 aliphatic rings. The van der Waals surface area contributed by atoms with Crippen LogP contribution in [-0.4, -0.2) is 17.0 Å². The van der Waals surface area contributed by atoms with E-state index in [9.17, 15) is 9.59 Å². The molecule has 0 spiro atoms. The Bertz CT molecular complexity index is 614. The first-order valence-electron chi connectivity index (χ1n) is 5.69. The lowest BCUT2D eigenvalue weighted by atomic mass is 10.1. The van der Waals surface area contributed by atoms with E-state index in [0.717, 1.165) is 5.56 Å². The maximum Gasteiger partial charge on any atom is 0.343 e. The molecule has 0 saturated carbocycles. The molecule has 96 valence electrons. The number of benzene rings is 2. The van der Waals surface area contributed by atoms with Crippen LogP contribution in [0.1, 0.15) is 26.3 Å². The smallest absolute Gasteiger partial charge is 0.343 e. The molecule has 0 fully saturated rings. The molecule has 0 aliphatic heterocycles. The Morgan fingerprint density at radius 2 is 1.53 bits per heavy atom. The molecule has 0 saturated heterocycles. The average molecular weight is 256 g/mol. The van der Waals surface area contributed by atoms with Gasteiger partial charge in [-0.05, 0) is 42.8 Å². The van der Waals surface area contributed by atoms with Crippen LogP contribution >= 0.6 is 0 Å². The zero-order chi connectivity index (χ0) is 13.8. The highest BCUT2D eigenvalue weighted by atomic mass is 16.5. The fourth-order valence-corrected chi connectivity index (χ4v) is 1.58. The maximum absolute atomic E-state index is 11.9. The summed E-state index contributed by atoms with van der Waals surface area (Å²) in [7, 11) is 0. The van der Waals surface area contributed by atoms with Crippen LogP contribution in [0.5, 0.6) is 5.75 Å². The summed E-state index contributed by atoms with van der Waals surface area (Å²) in [4.78, 5) is 22.6. The topological polar surface area (TPSA) is 63.6 Å². The number of para-hydroxylation sites is 1. The lowest BCUT2D eigenvalue weighted by Gasteiger charge is -2.07. The number of carboxylic acid groups (broad SMARTS) is 1. The molecule has 0 amide bonds. The normalized spacial score (nSPS) is 9.95. The third kappa shape index (κ3) is 2.98. The third-order valence-corrected chi connectivity index (χ3v) is 2.66. The first-order chi connectivity index (χ1) is 9.08. The number of aromatic carboxylic acids is 1. The lowest BCUT2D eigenvalue weighted by molar-refractivity contribution is 0.0691. The summed E-state index contributed by atoms with van der Waals surface area (Å²) in [6.45, 7) is 1.84. The molecule has 19 heavy (non-hydrogen) atoms. The van der Waals surface area contributed by atoms with Gasteiger partial charge in [0.15, 0.2) is 0 Å². The Morgan fingerprint density at radius 1 is 0.947 bits per heavy atom. The van der Waals surface area contributed by atoms with E-state index in [-0.39, 0.29) is 5.56 Å². The SMILES string of the molecule is Cc1ccccc1OC(=O)c1ccc(C(=O)O)cc1. The van der Waals surface area contributed by atoms with E-state index in [0.29, 0.717) is 11.3 Å². The zero-order valence-corrected chi connectivity index (χ0v) is 10.3. The molecular weight excluding hydrogens is 244 g/mol. The van der Waals surface area contributed by atoms with Crippen molar-refractivity contribution in [2.45, 2.75) is 6.92 Å². The van der Waals surface area contributed by atoms with Gasteiger partial charge in [-0.3, -0.25) is 0 Å². The first kappa shape index (κ1) is 12.8. The molecule has 0 aromatic heterocycles. The maximum atomic E-state index is 11.9. The van der Waals surface area contributed by atoms with Crippen LogP contribution in [0.2, 0.25) is 0 Å². The van der Waals surface area contributed by atoms with Crippen molar-refractivity contribution >= 4 is 11.9 Å². The fraction of sp³-hybridized carbons (Fsp3) is 0.0667. The van der Waals surface area contributed by atoms with Gasteiger partial charge in [0, 0.05) is 0 Å². The van der Waals surface area contributed by atoms with Crippen molar-refractivity contribution in [3.63, 3.8) is 0 Å². The average Bonchev–Trinajstić information content (AvgIpc) is 2.41. The van der Waals surface area contributed by atoms with Crippen molar-refractivity contribution in [3.05, 3.63) is 65.2 Å². The van der Waals surface area contributed by atoms with E-state index in [1.54, 1.807) is 12.1 Å². The molecule has 2 aromatic carbocycles. The van der Waals surface area contributed by atoms with E-state index in [1.807, 2.05) is 19.1 Å². The van der Waals surface area contributed by atoms with Crippen molar-refractivity contribution in [1.29, 1.82) is 0 Å². The molecule has 0 radical (unpaired) electrons. The van der Waals surface area contributed by atoms with Gasteiger partial charge in [0.05, 0.1) is 11.1 Å². The van der Waals surface area contributed by atoms with Crippen LogP contribution in [0, 0.1) is 6.92 Å². The van der Waals surface area contributed by atoms with Crippen molar-refractivity contribution < 1.29 is 19.4 Å². The Kier molecular flexibility index (Phi) is 3.61. The zero-order valence-electron chi connectivity index (χ0n) is 10.3. The van der Waals surface area contributed by atoms with Crippen LogP contribution in [-0.2, 0) is 0 Å². The minimum Gasteiger partial charge on any atom is -0.478 e. The molecule has 2 rings (SSSR count). The van der Waals surface area contributed by atoms with Gasteiger partial charge >= 0.3 is 11.9 Å². The number of rotatable bonds is 3. The van der Waals surface area contributed by atoms with Crippen molar-refractivity contribution in [3.8, 4) is 5.75 Å². The molecule has 0 unspecified atom stereocenters. The number of aryl methyl sites for hydroxylation is 1. The van der Waals surface area contributed by atoms with Gasteiger partial charge in [-0.2, -0.15) is 0 Å². The molecular formula is C15H12O4. The second kappa shape index (κ2) is 5.35. The Balaban J connectivity index is 2.16. The summed E-state index contributed by atoms with van der Waals surface area (Å²) < 4.78 is 5.25. The summed E-state index contributed by atoms with van der Waals surface area (Å²) in [6, 6.07) is 12.8. The highest BCUT2D eigenvalue weighted by Crippen LogP contribution is 2.18. The Morgan fingerprint density at radius 3 is 2.11 bits per heavy atom. The predicted molar refractivity (Wildman–Crippen MR) is 69.5 cm³/mol. The summed E-state index contributed by atoms with van der Waals surface area (Å²) in [5, 5.41) is 8.77. The monoisotopic (exact) mass is 256 g/mol. The summed E-state index contributed by atoms with van der Waals surface area (Å²) in [5.74, 6) is -1.04. The molecule has 0 bridgehead atoms. The van der Waals surface area contributed by atoms with E-state index >= 15 is 0 Å². The standard InChI is InChI=1S/C15H12O4/c1-10-4-2-3-5-13(10)19-15(18)12-8-6-11(7-9-12)14(16)17/h2-9H,1H3,(H,16,17). The predicted octanol–water partition coefficient (Wildman–Crippen LogP) is 2.91. The summed E-state index contributed by atoms with van der Waals surface area (Å²) in [6.07, 6.45) is 0. The Hall–Kier alpha value is -2.62. The Labute approximate surface area is 110 Å². The van der Waals surface area contributed by atoms with Gasteiger partial charge < -0.3 is 9.84 Å². The summed E-state index contributed by atoms with van der Waals surface area (Å²) in [5.41, 5.74) is 1.30. The van der Waals surface area contributed by atoms with E-state index in [1.165, 1.54) is 24.3 Å². The molecule has 4 nitrogen and oxygen atoms in total. The van der Waals surface area contributed by atoms with Crippen molar-refractivity contribution in [2.24, 2.45) is 0 Å². The van der Waals surface area contributed by atoms with E-state index < -0.39 is 11.9 Å². The molecule has 0 atom stereocenters. The molecule has 1 N–H and O–H groups in total. The lowest BCUT2D eigenvalue weighted by Crippen LogP contribution is -2.09. The highest BCUT2D eigenvalue weighted by Gasteiger charge is 2.11. The summed E-state index contributed by atoms with van der Waals surface area (Å²) >= 11 is 0. The van der Waals surface area contributed by atoms with Crippen LogP contribution in [0.4, 0.5) is 0 Å². The number of hydrogen-bond donors (Lipinski definition) is 1. The van der Waals surface area contributed by atoms with Crippen LogP contribution in [0.25, 0.3) is 0 Å². The molecule has 4 heteroatoms. The third-order valence-electron chi connectivity index (χ3n) is 2.66. The fourth-order valence-electron chi connectivity index (χ4n) is 1.58. The van der Waals surface area contributed by atoms with Crippen LogP contribution in [0.3, 0.4) is 0 Å². The van der Waals surface area contributed by atoms with Gasteiger partial charge in [0.1, 0.15) is 5.75 Å². The van der Waals surface area contributed by atoms with E-state index in [2.05, 4.69) is 0 Å². The van der Waals surface area contributed by atoms with Crippen LogP contribution < -0.4 is 4.74 Å². The quantitative estimate of drug-likeness (QED) is 0.677. The number of carbonyl (C=O) groups excluding carboxylic acids is 1. The number of carboxylic acids is 1. The molecule has 0 heterocycles. The van der Waals surface area contributed by atoms with Gasteiger partial charge in [-0.15, -0.1) is 0 Å². The molecule has 0 aliphatic carbocycles. The van der Waals surface area contributed by atoms with Gasteiger partial charge in [0.25, 0.3) is 0 Å². The van der Waals surface area contributed by atoms with Crippen molar-refractivity contribution in [1.82, 2.24) is 0 Å². The molecule has 2 aromatic rings.